The minimum absolute atomic E-state index is 0.0166. The number of amides is 1. The van der Waals surface area contributed by atoms with Gasteiger partial charge in [-0.3, -0.25) is 14.9 Å². The Morgan fingerprint density at radius 1 is 1.15 bits per heavy atom. The van der Waals surface area contributed by atoms with E-state index in [4.69, 9.17) is 20.5 Å². The van der Waals surface area contributed by atoms with E-state index in [0.717, 1.165) is 0 Å². The Labute approximate surface area is 149 Å². The van der Waals surface area contributed by atoms with Crippen LogP contribution in [0.2, 0.25) is 0 Å². The largest absolute Gasteiger partial charge is 0.490 e. The van der Waals surface area contributed by atoms with E-state index in [-0.39, 0.29) is 24.5 Å². The summed E-state index contributed by atoms with van der Waals surface area (Å²) >= 11 is 0. The number of non-ortho nitro benzene ring substituents is 1. The molecule has 8 nitrogen and oxygen atoms in total. The predicted octanol–water partition coefficient (Wildman–Crippen LogP) is 2.44. The molecular weight excluding hydrogens is 338 g/mol. The first kappa shape index (κ1) is 18.5. The van der Waals surface area contributed by atoms with E-state index in [1.807, 2.05) is 0 Å². The molecule has 8 heteroatoms. The molecule has 0 aliphatic heterocycles. The van der Waals surface area contributed by atoms with Crippen molar-refractivity contribution in [1.82, 2.24) is 0 Å². The summed E-state index contributed by atoms with van der Waals surface area (Å²) in [5.74, 6) is 0.130. The Morgan fingerprint density at radius 3 is 2.42 bits per heavy atom. The fourth-order valence-electron chi connectivity index (χ4n) is 2.02. The molecule has 0 bridgehead atoms. The van der Waals surface area contributed by atoms with Crippen molar-refractivity contribution < 1.29 is 19.2 Å². The van der Waals surface area contributed by atoms with Crippen molar-refractivity contribution in [2.75, 3.05) is 13.2 Å². The minimum Gasteiger partial charge on any atom is -0.490 e. The molecule has 2 aromatic rings. The molecule has 0 saturated heterocycles. The SMILES string of the molecule is N#C/C(=C\c1ccccc1OCCOc1ccc([N+](=O)[O-])cc1)C(N)=O. The molecule has 0 atom stereocenters. The molecule has 132 valence electrons. The van der Waals surface area contributed by atoms with Crippen LogP contribution in [0.5, 0.6) is 11.5 Å². The highest BCUT2D eigenvalue weighted by molar-refractivity contribution is 6.00. The third-order valence-electron chi connectivity index (χ3n) is 3.26. The zero-order valence-electron chi connectivity index (χ0n) is 13.6. The van der Waals surface area contributed by atoms with Crippen LogP contribution >= 0.6 is 0 Å². The monoisotopic (exact) mass is 353 g/mol. The maximum Gasteiger partial charge on any atom is 0.269 e. The number of para-hydroxylation sites is 1. The lowest BCUT2D eigenvalue weighted by molar-refractivity contribution is -0.384. The number of ether oxygens (including phenoxy) is 2. The minimum atomic E-state index is -0.816. The van der Waals surface area contributed by atoms with Gasteiger partial charge in [-0.05, 0) is 24.3 Å². The molecule has 2 N–H and O–H groups in total. The van der Waals surface area contributed by atoms with Gasteiger partial charge in [0.25, 0.3) is 11.6 Å². The average molecular weight is 353 g/mol. The third-order valence-corrected chi connectivity index (χ3v) is 3.26. The van der Waals surface area contributed by atoms with E-state index < -0.39 is 10.8 Å². The number of nitro groups is 1. The van der Waals surface area contributed by atoms with Crippen LogP contribution < -0.4 is 15.2 Å². The molecule has 2 rings (SSSR count). The van der Waals surface area contributed by atoms with Crippen molar-refractivity contribution in [1.29, 1.82) is 5.26 Å². The molecule has 26 heavy (non-hydrogen) atoms. The van der Waals surface area contributed by atoms with Crippen LogP contribution in [-0.2, 0) is 4.79 Å². The second kappa shape index (κ2) is 8.84. The molecular formula is C18H15N3O5. The van der Waals surface area contributed by atoms with Gasteiger partial charge in [-0.2, -0.15) is 5.26 Å². The van der Waals surface area contributed by atoms with Gasteiger partial charge >= 0.3 is 0 Å². The van der Waals surface area contributed by atoms with Crippen molar-refractivity contribution >= 4 is 17.7 Å². The number of primary amides is 1. The maximum absolute atomic E-state index is 11.2. The zero-order chi connectivity index (χ0) is 18.9. The summed E-state index contributed by atoms with van der Waals surface area (Å²) in [5, 5.41) is 19.5. The highest BCUT2D eigenvalue weighted by atomic mass is 16.6. The van der Waals surface area contributed by atoms with Crippen LogP contribution in [0, 0.1) is 21.4 Å². The Bertz CT molecular complexity index is 869. The van der Waals surface area contributed by atoms with E-state index in [0.29, 0.717) is 17.1 Å². The smallest absolute Gasteiger partial charge is 0.269 e. The number of nitrogens with two attached hydrogens (primary N) is 1. The van der Waals surface area contributed by atoms with Crippen LogP contribution in [0.1, 0.15) is 5.56 Å². The molecule has 0 aromatic heterocycles. The number of benzene rings is 2. The van der Waals surface area contributed by atoms with Crippen LogP contribution in [0.4, 0.5) is 5.69 Å². The van der Waals surface area contributed by atoms with Crippen molar-refractivity contribution in [3.05, 3.63) is 69.8 Å². The number of nitriles is 1. The van der Waals surface area contributed by atoms with Gasteiger partial charge in [0.15, 0.2) is 0 Å². The number of hydrogen-bond donors (Lipinski definition) is 1. The van der Waals surface area contributed by atoms with Crippen molar-refractivity contribution in [3.8, 4) is 17.6 Å². The summed E-state index contributed by atoms with van der Waals surface area (Å²) in [4.78, 5) is 21.3. The molecule has 0 spiro atoms. The van der Waals surface area contributed by atoms with E-state index in [9.17, 15) is 14.9 Å². The lowest BCUT2D eigenvalue weighted by atomic mass is 10.1. The number of hydrogen-bond acceptors (Lipinski definition) is 6. The van der Waals surface area contributed by atoms with Crippen LogP contribution in [-0.4, -0.2) is 24.0 Å². The normalized spacial score (nSPS) is 10.7. The first-order chi connectivity index (χ1) is 12.5. The van der Waals surface area contributed by atoms with Gasteiger partial charge in [-0.15, -0.1) is 0 Å². The summed E-state index contributed by atoms with van der Waals surface area (Å²) in [7, 11) is 0. The van der Waals surface area contributed by atoms with Crippen molar-refractivity contribution in [2.24, 2.45) is 5.73 Å². The van der Waals surface area contributed by atoms with Crippen molar-refractivity contribution in [2.45, 2.75) is 0 Å². The Kier molecular flexibility index (Phi) is 6.28. The number of nitro benzene ring substituents is 1. The molecule has 0 unspecified atom stereocenters. The molecule has 0 aliphatic rings. The summed E-state index contributed by atoms with van der Waals surface area (Å²) in [6, 6.07) is 14.3. The van der Waals surface area contributed by atoms with E-state index in [1.54, 1.807) is 30.3 Å². The highest BCUT2D eigenvalue weighted by Crippen LogP contribution is 2.21. The van der Waals surface area contributed by atoms with Gasteiger partial charge in [0, 0.05) is 17.7 Å². The summed E-state index contributed by atoms with van der Waals surface area (Å²) in [6.45, 7) is 0.400. The van der Waals surface area contributed by atoms with Gasteiger partial charge in [-0.1, -0.05) is 18.2 Å². The fraction of sp³-hybridized carbons (Fsp3) is 0.111. The second-order valence-electron chi connectivity index (χ2n) is 5.02. The van der Waals surface area contributed by atoms with E-state index >= 15 is 0 Å². The predicted molar refractivity (Wildman–Crippen MR) is 93.3 cm³/mol. The average Bonchev–Trinajstić information content (AvgIpc) is 2.64. The third kappa shape index (κ3) is 5.07. The quantitative estimate of drug-likeness (QED) is 0.255. The van der Waals surface area contributed by atoms with Gasteiger partial charge in [-0.25, -0.2) is 0 Å². The maximum atomic E-state index is 11.2. The standard InChI is InChI=1S/C18H15N3O5/c19-12-14(18(20)22)11-13-3-1-2-4-17(13)26-10-9-25-16-7-5-15(6-8-16)21(23)24/h1-8,11H,9-10H2,(H2,20,22)/b14-11+. The summed E-state index contributed by atoms with van der Waals surface area (Å²) in [6.07, 6.45) is 1.36. The molecule has 0 radical (unpaired) electrons. The molecule has 2 aromatic carbocycles. The topological polar surface area (TPSA) is 128 Å². The van der Waals surface area contributed by atoms with Gasteiger partial charge in [0.1, 0.15) is 36.4 Å². The Morgan fingerprint density at radius 2 is 1.81 bits per heavy atom. The van der Waals surface area contributed by atoms with Crippen LogP contribution in [0.25, 0.3) is 6.08 Å². The molecule has 0 saturated carbocycles. The molecule has 0 aliphatic carbocycles. The number of carbonyl (C=O) groups is 1. The lowest BCUT2D eigenvalue weighted by Gasteiger charge is -2.10. The molecule has 0 fully saturated rings. The van der Waals surface area contributed by atoms with Crippen molar-refractivity contribution in [3.63, 3.8) is 0 Å². The van der Waals surface area contributed by atoms with Crippen LogP contribution in [0.3, 0.4) is 0 Å². The summed E-state index contributed by atoms with van der Waals surface area (Å²) in [5.41, 5.74) is 5.47. The highest BCUT2D eigenvalue weighted by Gasteiger charge is 2.07. The Balaban J connectivity index is 1.95. The first-order valence-corrected chi connectivity index (χ1v) is 7.52. The van der Waals surface area contributed by atoms with Gasteiger partial charge in [0.05, 0.1) is 4.92 Å². The first-order valence-electron chi connectivity index (χ1n) is 7.52. The van der Waals surface area contributed by atoms with E-state index in [2.05, 4.69) is 0 Å². The Hall–Kier alpha value is -3.86. The molecule has 0 heterocycles. The zero-order valence-corrected chi connectivity index (χ0v) is 13.6. The number of rotatable bonds is 8. The van der Waals surface area contributed by atoms with Crippen LogP contribution in [0.15, 0.2) is 54.1 Å². The second-order valence-corrected chi connectivity index (χ2v) is 5.02. The van der Waals surface area contributed by atoms with Gasteiger partial charge < -0.3 is 15.2 Å². The number of carbonyl (C=O) groups excluding carboxylic acids is 1. The number of nitrogens with zero attached hydrogens (tertiary/aromatic N) is 2. The summed E-state index contributed by atoms with van der Waals surface area (Å²) < 4.78 is 11.1. The molecule has 1 amide bonds. The fourth-order valence-corrected chi connectivity index (χ4v) is 2.02. The van der Waals surface area contributed by atoms with Gasteiger partial charge in [0.2, 0.25) is 0 Å². The lowest BCUT2D eigenvalue weighted by Crippen LogP contribution is -2.13. The van der Waals surface area contributed by atoms with E-state index in [1.165, 1.54) is 30.3 Å².